The molecule has 1 N–H and O–H groups in total. The Hall–Kier alpha value is -6.83. The first kappa shape index (κ1) is 67.1. The van der Waals surface area contributed by atoms with Gasteiger partial charge in [0.1, 0.15) is 23.2 Å². The number of nitrogens with one attached hydrogen (secondary N) is 1. The average Bonchev–Trinajstić information content (AvgIpc) is 1.25. The number of carbonyl (C=O) groups is 3. The number of aryl methyl sites for hydroxylation is 1. The maximum absolute atomic E-state index is 13.9. The van der Waals surface area contributed by atoms with Gasteiger partial charge in [-0.15, -0.1) is 15.3 Å². The van der Waals surface area contributed by atoms with E-state index in [1.807, 2.05) is 37.3 Å². The zero-order valence-corrected chi connectivity index (χ0v) is 51.1. The first-order chi connectivity index (χ1) is 44.3. The van der Waals surface area contributed by atoms with Gasteiger partial charge in [0.15, 0.2) is 11.6 Å². The number of rotatable bonds is 39. The number of halogens is 5. The van der Waals surface area contributed by atoms with E-state index in [1.165, 1.54) is 12.4 Å². The van der Waals surface area contributed by atoms with Crippen LogP contribution in [-0.4, -0.2) is 211 Å². The number of amides is 2. The molecule has 3 saturated carbocycles. The fourth-order valence-corrected chi connectivity index (χ4v) is 12.5. The number of benzene rings is 2. The molecule has 5 heterocycles. The van der Waals surface area contributed by atoms with Crippen molar-refractivity contribution in [1.29, 1.82) is 0 Å². The van der Waals surface area contributed by atoms with Crippen molar-refractivity contribution in [2.45, 2.75) is 108 Å². The van der Waals surface area contributed by atoms with E-state index in [-0.39, 0.29) is 81.7 Å². The molecule has 2 aliphatic heterocycles. The van der Waals surface area contributed by atoms with Crippen molar-refractivity contribution in [1.82, 2.24) is 49.9 Å². The lowest BCUT2D eigenvalue weighted by Gasteiger charge is -2.80. The minimum Gasteiger partial charge on any atom is -0.420 e. The van der Waals surface area contributed by atoms with Crippen LogP contribution >= 0.6 is 0 Å². The van der Waals surface area contributed by atoms with Crippen LogP contribution in [-0.2, 0) is 60.6 Å². The van der Waals surface area contributed by atoms with Gasteiger partial charge >= 0.3 is 5.97 Å². The Morgan fingerprint density at radius 3 is 1.91 bits per heavy atom. The summed E-state index contributed by atoms with van der Waals surface area (Å²) in [5.74, 6) is -6.73. The quantitative estimate of drug-likeness (QED) is 0.0154. The summed E-state index contributed by atoms with van der Waals surface area (Å²) < 4.78 is 121. The van der Waals surface area contributed by atoms with Gasteiger partial charge in [0.2, 0.25) is 23.5 Å². The largest absolute Gasteiger partial charge is 0.420 e. The Labute approximate surface area is 523 Å². The second-order valence-corrected chi connectivity index (χ2v) is 23.2. The summed E-state index contributed by atoms with van der Waals surface area (Å²) in [6.07, 6.45) is 8.28. The summed E-state index contributed by atoms with van der Waals surface area (Å²) >= 11 is 0. The molecule has 91 heavy (non-hydrogen) atoms. The van der Waals surface area contributed by atoms with E-state index in [2.05, 4.69) is 54.8 Å². The molecule has 2 aromatic carbocycles. The molecule has 4 atom stereocenters. The van der Waals surface area contributed by atoms with E-state index < -0.39 is 41.0 Å². The van der Waals surface area contributed by atoms with Gasteiger partial charge in [-0.05, 0) is 44.6 Å². The van der Waals surface area contributed by atoms with Crippen LogP contribution < -0.4 is 15.0 Å². The summed E-state index contributed by atoms with van der Waals surface area (Å²) in [6.45, 7) is 9.98. The molecule has 2 amide bonds. The van der Waals surface area contributed by atoms with Crippen molar-refractivity contribution >= 4 is 29.4 Å². The SMILES string of the molecule is Cc1nnc(C2CN(c3ncc(C(=O)NCCOCCOCCOCCOCc4cn(CCOCCOCCOCCOCCC(=O)Oc5c(F)cc(F)cc5F)nn4)cn3)C2)n1C1CC2N(CCC(=NC(=O)C3CCC(F)(F)CC3)c3ccccc3)C3CCC321. The third-order valence-electron chi connectivity index (χ3n) is 17.3. The fraction of sp³-hybridized carbons (Fsp3) is 0.613. The molecule has 3 aromatic heterocycles. The van der Waals surface area contributed by atoms with Gasteiger partial charge < -0.3 is 57.4 Å². The molecule has 5 aromatic rings. The number of alkyl halides is 2. The Bertz CT molecular complexity index is 3160. The summed E-state index contributed by atoms with van der Waals surface area (Å²) in [5, 5.41) is 20.3. The molecular weight excluding hydrogens is 1200 g/mol. The van der Waals surface area contributed by atoms with Gasteiger partial charge in [-0.2, -0.15) is 0 Å². The average molecular weight is 1280 g/mol. The number of aliphatic imine (C=N–C) groups is 1. The van der Waals surface area contributed by atoms with Gasteiger partial charge in [-0.25, -0.2) is 41.6 Å². The van der Waals surface area contributed by atoms with Gasteiger partial charge in [0.25, 0.3) is 5.91 Å². The summed E-state index contributed by atoms with van der Waals surface area (Å²) in [4.78, 5) is 56.3. The smallest absolute Gasteiger partial charge is 0.313 e. The minimum atomic E-state index is -2.70. The van der Waals surface area contributed by atoms with Gasteiger partial charge in [0, 0.05) is 99.4 Å². The number of esters is 1. The molecule has 0 bridgehead atoms. The van der Waals surface area contributed by atoms with Crippen molar-refractivity contribution < 1.29 is 79.0 Å². The van der Waals surface area contributed by atoms with Gasteiger partial charge in [-0.3, -0.25) is 19.3 Å². The summed E-state index contributed by atoms with van der Waals surface area (Å²) in [6, 6.07) is 11.8. The van der Waals surface area contributed by atoms with Crippen molar-refractivity contribution in [2.24, 2.45) is 16.3 Å². The van der Waals surface area contributed by atoms with Crippen molar-refractivity contribution in [3.8, 4) is 5.75 Å². The number of piperidine rings is 2. The second kappa shape index (κ2) is 32.6. The number of nitrogens with zero attached hydrogens (tertiary/aromatic N) is 11. The van der Waals surface area contributed by atoms with Crippen LogP contribution in [0, 0.1) is 35.7 Å². The number of likely N-dealkylation sites (tertiary alicyclic amines) is 1. The van der Waals surface area contributed by atoms with Crippen molar-refractivity contribution in [3.05, 3.63) is 107 Å². The predicted molar refractivity (Wildman–Crippen MR) is 315 cm³/mol. The van der Waals surface area contributed by atoms with Crippen LogP contribution in [0.4, 0.5) is 27.9 Å². The number of hydrogen-bond acceptors (Lipinski definition) is 20. The first-order valence-corrected chi connectivity index (χ1v) is 31.2. The number of hydrogen-bond donors (Lipinski definition) is 1. The highest BCUT2D eigenvalue weighted by Crippen LogP contribution is 2.73. The van der Waals surface area contributed by atoms with Crippen molar-refractivity contribution in [3.63, 3.8) is 0 Å². The molecule has 4 unspecified atom stereocenters. The van der Waals surface area contributed by atoms with Crippen LogP contribution in [0.25, 0.3) is 0 Å². The summed E-state index contributed by atoms with van der Waals surface area (Å²) in [7, 11) is 0. The minimum absolute atomic E-state index is 0.0560. The van der Waals surface area contributed by atoms with E-state index in [4.69, 9.17) is 43.0 Å². The Kier molecular flexibility index (Phi) is 24.1. The van der Waals surface area contributed by atoms with E-state index in [1.54, 1.807) is 10.9 Å². The lowest BCUT2D eigenvalue weighted by Crippen LogP contribution is -2.85. The molecule has 24 nitrogen and oxygen atoms in total. The van der Waals surface area contributed by atoms with E-state index in [0.29, 0.717) is 159 Å². The highest BCUT2D eigenvalue weighted by atomic mass is 19.3. The molecule has 3 aliphatic carbocycles. The Balaban J connectivity index is 0.505. The maximum Gasteiger partial charge on any atom is 0.313 e. The Morgan fingerprint density at radius 2 is 1.29 bits per heavy atom. The normalized spacial score (nSPS) is 20.5. The molecular formula is C62H79F5N12O12. The summed E-state index contributed by atoms with van der Waals surface area (Å²) in [5.41, 5.74) is 2.83. The maximum atomic E-state index is 13.9. The molecule has 5 aliphatic rings. The van der Waals surface area contributed by atoms with Crippen molar-refractivity contribution in [2.75, 3.05) is 130 Å². The van der Waals surface area contributed by atoms with E-state index in [0.717, 1.165) is 48.7 Å². The fourth-order valence-electron chi connectivity index (χ4n) is 12.5. The molecule has 29 heteroatoms. The highest BCUT2D eigenvalue weighted by Gasteiger charge is 2.75. The zero-order chi connectivity index (χ0) is 63.6. The standard InChI is InChI=1S/C62H79F5N12O12/c1-42-72-74-57(79(42)54-35-53-62(54)14-9-52(62)78(53)16-10-51(43-5-3-2-4-6-43)71-59(82)44-7-12-61(66,67)13-8-44)46-38-76(39-46)60-69-36-45(37-70-60)58(81)68-15-19-84-22-25-87-29-30-89-31-32-90-41-48-40-77(75-73-48)17-20-85-23-26-88-28-27-86-24-21-83-18-11-55(80)91-56-49(64)33-47(63)34-50(56)65/h2-6,33-34,36-37,40,44,46,52-54H,7-32,35,38-39,41H2,1H3,(H,68,81). The third-order valence-corrected chi connectivity index (χ3v) is 17.3. The molecule has 5 fully saturated rings. The van der Waals surface area contributed by atoms with Crippen LogP contribution in [0.3, 0.4) is 0 Å². The topological polar surface area (TPSA) is 252 Å². The highest BCUT2D eigenvalue weighted by molar-refractivity contribution is 6.07. The molecule has 2 saturated heterocycles. The predicted octanol–water partition coefficient (Wildman–Crippen LogP) is 6.06. The lowest BCUT2D eigenvalue weighted by atomic mass is 9.40. The zero-order valence-electron chi connectivity index (χ0n) is 51.1. The molecule has 0 radical (unpaired) electrons. The van der Waals surface area contributed by atoms with E-state index >= 15 is 0 Å². The molecule has 10 rings (SSSR count). The molecule has 1 spiro atoms. The number of carbonyl (C=O) groups excluding carboxylic acids is 3. The van der Waals surface area contributed by atoms with Gasteiger partial charge in [-0.1, -0.05) is 35.5 Å². The monoisotopic (exact) mass is 1280 g/mol. The van der Waals surface area contributed by atoms with E-state index in [9.17, 15) is 36.3 Å². The van der Waals surface area contributed by atoms with Crippen LogP contribution in [0.5, 0.6) is 5.75 Å². The number of anilines is 1. The molecule has 494 valence electrons. The first-order valence-electron chi connectivity index (χ1n) is 31.2. The Morgan fingerprint density at radius 1 is 0.670 bits per heavy atom. The van der Waals surface area contributed by atoms with Gasteiger partial charge in [0.05, 0.1) is 142 Å². The third kappa shape index (κ3) is 17.7. The number of ether oxygens (including phenoxy) is 9. The second-order valence-electron chi connectivity index (χ2n) is 23.2. The van der Waals surface area contributed by atoms with Crippen LogP contribution in [0.2, 0.25) is 0 Å². The van der Waals surface area contributed by atoms with Crippen LogP contribution in [0.15, 0.2) is 66.0 Å². The lowest BCUT2D eigenvalue weighted by molar-refractivity contribution is -0.294. The van der Waals surface area contributed by atoms with Crippen LogP contribution in [0.1, 0.15) is 103 Å². The number of aromatic nitrogens is 8.